The topological polar surface area (TPSA) is 50.1 Å². The predicted octanol–water partition coefficient (Wildman–Crippen LogP) is 3.18. The molecule has 1 aromatic carbocycles. The number of likely N-dealkylation sites (N-methyl/N-ethyl adjacent to an activating group) is 1. The van der Waals surface area contributed by atoms with E-state index in [9.17, 15) is 4.79 Å². The van der Waals surface area contributed by atoms with Crippen LogP contribution in [0.5, 0.6) is 0 Å². The van der Waals surface area contributed by atoms with Gasteiger partial charge < -0.3 is 9.64 Å². The monoisotopic (exact) mass is 412 g/mol. The maximum absolute atomic E-state index is 13.2. The summed E-state index contributed by atoms with van der Waals surface area (Å²) >= 11 is 1.57. The second-order valence-corrected chi connectivity index (χ2v) is 8.64. The van der Waals surface area contributed by atoms with Crippen molar-refractivity contribution in [3.05, 3.63) is 58.9 Å². The van der Waals surface area contributed by atoms with Crippen LogP contribution in [0, 0.1) is 5.92 Å². The molecule has 0 N–H and O–H groups in total. The summed E-state index contributed by atoms with van der Waals surface area (Å²) in [5.74, 6) is 0.568. The first-order valence-corrected chi connectivity index (χ1v) is 11.0. The first kappa shape index (κ1) is 20.1. The van der Waals surface area contributed by atoms with E-state index in [4.69, 9.17) is 4.74 Å². The molecule has 1 unspecified atom stereocenters. The van der Waals surface area contributed by atoms with Gasteiger partial charge in [0.25, 0.3) is 5.91 Å². The van der Waals surface area contributed by atoms with E-state index in [1.54, 1.807) is 23.3 Å². The van der Waals surface area contributed by atoms with Crippen molar-refractivity contribution >= 4 is 22.2 Å². The minimum Gasteiger partial charge on any atom is -0.384 e. The Balaban J connectivity index is 1.48. The highest BCUT2D eigenvalue weighted by Gasteiger charge is 2.27. The Hall–Kier alpha value is -2.22. The predicted molar refractivity (Wildman–Crippen MR) is 115 cm³/mol. The molecule has 29 heavy (non-hydrogen) atoms. The highest BCUT2D eigenvalue weighted by molar-refractivity contribution is 7.15. The van der Waals surface area contributed by atoms with Gasteiger partial charge in [-0.2, -0.15) is 0 Å². The summed E-state index contributed by atoms with van der Waals surface area (Å²) in [7, 11) is 3.63. The van der Waals surface area contributed by atoms with Crippen molar-refractivity contribution in [2.24, 2.45) is 5.92 Å². The third kappa shape index (κ3) is 4.52. The van der Waals surface area contributed by atoms with Gasteiger partial charge >= 0.3 is 0 Å². The fourth-order valence-corrected chi connectivity index (χ4v) is 4.75. The molecular weight excluding hydrogens is 384 g/mol. The molecule has 154 valence electrons. The van der Waals surface area contributed by atoms with Crippen LogP contribution in [-0.2, 0) is 17.7 Å². The number of benzene rings is 1. The lowest BCUT2D eigenvalue weighted by molar-refractivity contribution is 0.0789. The zero-order valence-electron chi connectivity index (χ0n) is 17.1. The van der Waals surface area contributed by atoms with E-state index in [1.807, 2.05) is 36.8 Å². The molecule has 0 saturated carbocycles. The van der Waals surface area contributed by atoms with E-state index in [1.165, 1.54) is 5.56 Å². The molecule has 3 heterocycles. The van der Waals surface area contributed by atoms with Crippen molar-refractivity contribution in [3.8, 4) is 0 Å². The van der Waals surface area contributed by atoms with Crippen molar-refractivity contribution in [3.63, 3.8) is 0 Å². The van der Waals surface area contributed by atoms with E-state index in [-0.39, 0.29) is 5.91 Å². The minimum absolute atomic E-state index is 0.000491. The number of likely N-dealkylation sites (tertiary alicyclic amines) is 1. The first-order valence-electron chi connectivity index (χ1n) is 10.1. The van der Waals surface area contributed by atoms with Crippen LogP contribution in [0.2, 0.25) is 0 Å². The molecule has 0 aliphatic carbocycles. The van der Waals surface area contributed by atoms with Crippen LogP contribution in [-0.4, -0.2) is 65.5 Å². The van der Waals surface area contributed by atoms with Crippen molar-refractivity contribution in [1.29, 1.82) is 0 Å². The number of methoxy groups -OCH3 is 1. The van der Waals surface area contributed by atoms with E-state index >= 15 is 0 Å². The molecule has 1 atom stereocenters. The summed E-state index contributed by atoms with van der Waals surface area (Å²) in [5.41, 5.74) is 2.82. The second kappa shape index (κ2) is 9.07. The molecular formula is C22H28N4O2S. The molecule has 3 aromatic rings. The molecule has 1 saturated heterocycles. The molecule has 1 fully saturated rings. The number of hydrogen-bond donors (Lipinski definition) is 0. The van der Waals surface area contributed by atoms with Gasteiger partial charge in [0.2, 0.25) is 0 Å². The van der Waals surface area contributed by atoms with Crippen LogP contribution < -0.4 is 0 Å². The van der Waals surface area contributed by atoms with Crippen LogP contribution >= 0.6 is 11.3 Å². The van der Waals surface area contributed by atoms with Gasteiger partial charge in [-0.25, -0.2) is 4.98 Å². The van der Waals surface area contributed by atoms with Gasteiger partial charge in [0.1, 0.15) is 0 Å². The normalized spacial score (nSPS) is 17.2. The summed E-state index contributed by atoms with van der Waals surface area (Å²) in [6.45, 7) is 4.25. The number of rotatable bonds is 8. The number of imidazole rings is 1. The maximum atomic E-state index is 13.2. The molecule has 0 radical (unpaired) electrons. The fraction of sp³-hybridized carbons (Fsp3) is 0.455. The summed E-state index contributed by atoms with van der Waals surface area (Å²) in [5, 5.41) is 2.02. The number of fused-ring (bicyclic) bond motifs is 1. The molecule has 0 spiro atoms. The molecule has 1 aliphatic heterocycles. The minimum atomic E-state index is -0.000491. The SMILES string of the molecule is COCC1CCN(Cc2c(C(=O)N(C)CCc3ccccc3)nc3sccn23)C1. The highest BCUT2D eigenvalue weighted by atomic mass is 32.1. The van der Waals surface area contributed by atoms with Gasteiger partial charge in [0.15, 0.2) is 10.7 Å². The van der Waals surface area contributed by atoms with E-state index in [0.717, 1.165) is 49.7 Å². The van der Waals surface area contributed by atoms with E-state index in [2.05, 4.69) is 26.4 Å². The van der Waals surface area contributed by atoms with Gasteiger partial charge in [-0.3, -0.25) is 14.1 Å². The number of hydrogen-bond acceptors (Lipinski definition) is 5. The number of amides is 1. The Morgan fingerprint density at radius 3 is 2.97 bits per heavy atom. The number of nitrogens with zero attached hydrogens (tertiary/aromatic N) is 4. The lowest BCUT2D eigenvalue weighted by atomic mass is 10.1. The van der Waals surface area contributed by atoms with Gasteiger partial charge in [-0.05, 0) is 30.9 Å². The fourth-order valence-electron chi connectivity index (χ4n) is 4.02. The zero-order chi connectivity index (χ0) is 20.2. The quantitative estimate of drug-likeness (QED) is 0.570. The molecule has 4 rings (SSSR count). The third-order valence-electron chi connectivity index (χ3n) is 5.63. The number of aromatic nitrogens is 2. The summed E-state index contributed by atoms with van der Waals surface area (Å²) in [6, 6.07) is 10.3. The number of ether oxygens (including phenoxy) is 1. The third-order valence-corrected chi connectivity index (χ3v) is 6.39. The Morgan fingerprint density at radius 1 is 1.34 bits per heavy atom. The van der Waals surface area contributed by atoms with Crippen LogP contribution in [0.25, 0.3) is 4.96 Å². The summed E-state index contributed by atoms with van der Waals surface area (Å²) < 4.78 is 7.40. The van der Waals surface area contributed by atoms with Crippen molar-refractivity contribution in [2.75, 3.05) is 40.4 Å². The van der Waals surface area contributed by atoms with Gasteiger partial charge in [-0.15, -0.1) is 11.3 Å². The molecule has 1 aliphatic rings. The van der Waals surface area contributed by atoms with E-state index < -0.39 is 0 Å². The molecule has 7 heteroatoms. The Bertz CT molecular complexity index is 952. The lowest BCUT2D eigenvalue weighted by Crippen LogP contribution is -2.31. The molecule has 0 bridgehead atoms. The second-order valence-electron chi connectivity index (χ2n) is 7.77. The van der Waals surface area contributed by atoms with Gasteiger partial charge in [0.05, 0.1) is 12.3 Å². The summed E-state index contributed by atoms with van der Waals surface area (Å²) in [6.07, 6.45) is 4.00. The van der Waals surface area contributed by atoms with Crippen molar-refractivity contribution < 1.29 is 9.53 Å². The zero-order valence-corrected chi connectivity index (χ0v) is 17.9. The summed E-state index contributed by atoms with van der Waals surface area (Å²) in [4.78, 5) is 23.0. The maximum Gasteiger partial charge on any atom is 0.274 e. The van der Waals surface area contributed by atoms with Gasteiger partial charge in [0, 0.05) is 45.4 Å². The standard InChI is InChI=1S/C22H28N4O2S/c1-24(10-8-17-6-4-3-5-7-17)21(27)20-19(26-12-13-29-22(26)23-20)15-25-11-9-18(14-25)16-28-2/h3-7,12-13,18H,8-11,14-16H2,1-2H3. The average molecular weight is 413 g/mol. The number of thiazole rings is 1. The Kier molecular flexibility index (Phi) is 6.28. The van der Waals surface area contributed by atoms with E-state index in [0.29, 0.717) is 18.2 Å². The van der Waals surface area contributed by atoms with Crippen LogP contribution in [0.15, 0.2) is 41.9 Å². The van der Waals surface area contributed by atoms with Gasteiger partial charge in [-0.1, -0.05) is 30.3 Å². The van der Waals surface area contributed by atoms with Crippen molar-refractivity contribution in [2.45, 2.75) is 19.4 Å². The number of carbonyl (C=O) groups excluding carboxylic acids is 1. The molecule has 6 nitrogen and oxygen atoms in total. The Morgan fingerprint density at radius 2 is 2.17 bits per heavy atom. The smallest absolute Gasteiger partial charge is 0.274 e. The van der Waals surface area contributed by atoms with Crippen LogP contribution in [0.3, 0.4) is 0 Å². The largest absolute Gasteiger partial charge is 0.384 e. The number of carbonyl (C=O) groups is 1. The average Bonchev–Trinajstić information content (AvgIpc) is 3.45. The highest BCUT2D eigenvalue weighted by Crippen LogP contribution is 2.24. The van der Waals surface area contributed by atoms with Crippen LogP contribution in [0.1, 0.15) is 28.2 Å². The van der Waals surface area contributed by atoms with Crippen LogP contribution in [0.4, 0.5) is 0 Å². The lowest BCUT2D eigenvalue weighted by Gasteiger charge is -2.19. The Labute approximate surface area is 175 Å². The first-order chi connectivity index (χ1) is 14.2. The van der Waals surface area contributed by atoms with Crippen molar-refractivity contribution in [1.82, 2.24) is 19.2 Å². The molecule has 1 amide bonds. The molecule has 2 aromatic heterocycles.